The lowest BCUT2D eigenvalue weighted by Gasteiger charge is -2.38. The number of nitrogens with zero attached hydrogens (tertiary/aromatic N) is 7. The van der Waals surface area contributed by atoms with Crippen LogP contribution in [0.2, 0.25) is 5.15 Å². The van der Waals surface area contributed by atoms with Crippen molar-refractivity contribution >= 4 is 46.4 Å². The Morgan fingerprint density at radius 2 is 1.77 bits per heavy atom. The molecule has 1 aliphatic rings. The zero-order valence-electron chi connectivity index (χ0n) is 21.9. The largest absolute Gasteiger partial charge is 0.420 e. The molecule has 1 fully saturated rings. The third-order valence-electron chi connectivity index (χ3n) is 6.04. The zero-order chi connectivity index (χ0) is 32.0. The molecule has 1 saturated heterocycles. The number of nitrogens with one attached hydrogen (secondary N) is 3. The lowest BCUT2D eigenvalue weighted by molar-refractivity contribution is -0.160. The van der Waals surface area contributed by atoms with E-state index in [9.17, 15) is 40.3 Å². The number of aromatic nitrogens is 6. The van der Waals surface area contributed by atoms with Gasteiger partial charge in [-0.2, -0.15) is 32.1 Å². The molecule has 0 saturated carbocycles. The van der Waals surface area contributed by atoms with Crippen molar-refractivity contribution in [3.63, 3.8) is 0 Å². The first-order valence-electron chi connectivity index (χ1n) is 12.2. The van der Waals surface area contributed by atoms with Crippen molar-refractivity contribution in [2.75, 3.05) is 29.0 Å². The molecule has 1 aliphatic heterocycles. The summed E-state index contributed by atoms with van der Waals surface area (Å²) in [6.07, 6.45) is -2.39. The summed E-state index contributed by atoms with van der Waals surface area (Å²) in [5.41, 5.74) is -1.98. The first-order chi connectivity index (χ1) is 20.6. The molecule has 234 valence electrons. The van der Waals surface area contributed by atoms with Gasteiger partial charge in [0.05, 0.1) is 60.6 Å². The summed E-state index contributed by atoms with van der Waals surface area (Å²) in [5.74, 6) is -3.74. The zero-order valence-corrected chi connectivity index (χ0v) is 22.7. The number of alkyl halides is 7. The van der Waals surface area contributed by atoms with E-state index in [0.29, 0.717) is 10.7 Å². The van der Waals surface area contributed by atoms with Gasteiger partial charge in [-0.3, -0.25) is 0 Å². The smallest absolute Gasteiger partial charge is 0.313 e. The van der Waals surface area contributed by atoms with Crippen LogP contribution in [0.15, 0.2) is 36.9 Å². The van der Waals surface area contributed by atoms with Crippen molar-refractivity contribution in [3.05, 3.63) is 53.3 Å². The summed E-state index contributed by atoms with van der Waals surface area (Å²) in [4.78, 5) is 33.4. The van der Waals surface area contributed by atoms with Crippen molar-refractivity contribution in [2.45, 2.75) is 31.7 Å². The number of hydrogen-bond acceptors (Lipinski definition) is 7. The SMILES string of the molecule is C[C@H](OC(F)F)c1c(NC(=O)Nc2cnc(-n3cc(NC(=O)N4CC(F)(F)C4)cn3)c(C(F)(F)F)c2)cnc2cc(Cl)nn12. The van der Waals surface area contributed by atoms with E-state index in [1.807, 2.05) is 0 Å². The van der Waals surface area contributed by atoms with Crippen LogP contribution in [-0.4, -0.2) is 71.9 Å². The van der Waals surface area contributed by atoms with Crippen LogP contribution in [0.1, 0.15) is 24.3 Å². The van der Waals surface area contributed by atoms with Crippen LogP contribution in [0.3, 0.4) is 0 Å². The third kappa shape index (κ3) is 6.59. The number of carbonyl (C=O) groups is 2. The number of urea groups is 2. The van der Waals surface area contributed by atoms with Crippen molar-refractivity contribution in [1.29, 1.82) is 0 Å². The van der Waals surface area contributed by atoms with Crippen LogP contribution >= 0.6 is 11.6 Å². The number of amides is 4. The molecule has 0 bridgehead atoms. The van der Waals surface area contributed by atoms with Gasteiger partial charge in [0, 0.05) is 6.07 Å². The Labute approximate surface area is 245 Å². The van der Waals surface area contributed by atoms with Crippen molar-refractivity contribution in [1.82, 2.24) is 34.3 Å². The van der Waals surface area contributed by atoms with Gasteiger partial charge in [0.15, 0.2) is 16.6 Å². The summed E-state index contributed by atoms with van der Waals surface area (Å²) in [6, 6.07) is -0.117. The minimum atomic E-state index is -5.00. The number of fused-ring (bicyclic) bond motifs is 1. The number of pyridine rings is 1. The number of halogens is 8. The average Bonchev–Trinajstić information content (AvgIpc) is 3.51. The second-order valence-electron chi connectivity index (χ2n) is 9.32. The summed E-state index contributed by atoms with van der Waals surface area (Å²) >= 11 is 5.88. The first-order valence-corrected chi connectivity index (χ1v) is 12.6. The Balaban J connectivity index is 1.35. The molecule has 0 radical (unpaired) electrons. The standard InChI is InChI=1S/C23H18ClF7N10O3/c1-10(44-19(25)26)17-14(6-32-16-3-15(24)38-41(16)17)37-20(42)35-11-2-13(23(29,30)31)18(33-4-11)40-7-12(5-34-40)36-21(43)39-8-22(27,28)9-39/h2-7,10,19H,8-9H2,1H3,(H,36,43)(H2,35,37,42)/t10-/m0/s1. The Morgan fingerprint density at radius 1 is 1.05 bits per heavy atom. The number of carbonyl (C=O) groups excluding carboxylic acids is 2. The predicted octanol–water partition coefficient (Wildman–Crippen LogP) is 5.41. The predicted molar refractivity (Wildman–Crippen MR) is 138 cm³/mol. The molecule has 0 spiro atoms. The van der Waals surface area contributed by atoms with Gasteiger partial charge in [-0.25, -0.2) is 37.5 Å². The third-order valence-corrected chi connectivity index (χ3v) is 6.23. The topological polar surface area (TPSA) is 144 Å². The molecule has 5 heterocycles. The number of hydrogen-bond donors (Lipinski definition) is 3. The highest BCUT2D eigenvalue weighted by atomic mass is 35.5. The van der Waals surface area contributed by atoms with E-state index >= 15 is 0 Å². The van der Waals surface area contributed by atoms with Gasteiger partial charge in [-0.1, -0.05) is 11.6 Å². The van der Waals surface area contributed by atoms with Gasteiger partial charge in [0.25, 0.3) is 5.92 Å². The monoisotopic (exact) mass is 650 g/mol. The summed E-state index contributed by atoms with van der Waals surface area (Å²) < 4.78 is 100. The second kappa shape index (κ2) is 11.4. The lowest BCUT2D eigenvalue weighted by Crippen LogP contribution is -2.59. The van der Waals surface area contributed by atoms with E-state index in [0.717, 1.165) is 34.2 Å². The highest BCUT2D eigenvalue weighted by Gasteiger charge is 2.46. The van der Waals surface area contributed by atoms with Crippen molar-refractivity contribution in [3.8, 4) is 5.82 Å². The van der Waals surface area contributed by atoms with Crippen LogP contribution in [0.25, 0.3) is 11.5 Å². The molecule has 44 heavy (non-hydrogen) atoms. The van der Waals surface area contributed by atoms with Gasteiger partial charge in [-0.05, 0) is 13.0 Å². The van der Waals surface area contributed by atoms with Gasteiger partial charge in [0.1, 0.15) is 11.7 Å². The molecule has 4 aromatic heterocycles. The number of ether oxygens (including phenoxy) is 1. The lowest BCUT2D eigenvalue weighted by atomic mass is 10.2. The van der Waals surface area contributed by atoms with Gasteiger partial charge >= 0.3 is 24.9 Å². The van der Waals surface area contributed by atoms with Crippen LogP contribution in [-0.2, 0) is 10.9 Å². The van der Waals surface area contributed by atoms with Crippen molar-refractivity contribution in [2.24, 2.45) is 0 Å². The molecule has 21 heteroatoms. The first kappa shape index (κ1) is 30.7. The minimum absolute atomic E-state index is 0.0390. The van der Waals surface area contributed by atoms with Gasteiger partial charge in [0.2, 0.25) is 0 Å². The molecule has 1 atom stereocenters. The molecule has 5 rings (SSSR count). The van der Waals surface area contributed by atoms with E-state index in [-0.39, 0.29) is 27.9 Å². The quantitative estimate of drug-likeness (QED) is 0.227. The number of rotatable bonds is 7. The fourth-order valence-electron chi connectivity index (χ4n) is 4.19. The normalized spacial score (nSPS) is 15.3. The molecule has 4 amide bonds. The number of likely N-dealkylation sites (tertiary alicyclic amines) is 1. The van der Waals surface area contributed by atoms with Crippen LogP contribution in [0.5, 0.6) is 0 Å². The van der Waals surface area contributed by atoms with E-state index < -0.39 is 67.0 Å². The Hall–Kier alpha value is -4.72. The molecule has 0 aliphatic carbocycles. The molecule has 3 N–H and O–H groups in total. The summed E-state index contributed by atoms with van der Waals surface area (Å²) in [5, 5.41) is 14.4. The highest BCUT2D eigenvalue weighted by Crippen LogP contribution is 2.35. The molecular formula is C23H18ClF7N10O3. The molecule has 4 aromatic rings. The Morgan fingerprint density at radius 3 is 2.43 bits per heavy atom. The van der Waals surface area contributed by atoms with E-state index in [1.54, 1.807) is 0 Å². The maximum atomic E-state index is 14.0. The van der Waals surface area contributed by atoms with Crippen LogP contribution in [0, 0.1) is 0 Å². The maximum absolute atomic E-state index is 14.0. The van der Waals surface area contributed by atoms with Crippen LogP contribution in [0.4, 0.5) is 57.4 Å². The van der Waals surface area contributed by atoms with Gasteiger partial charge < -0.3 is 25.6 Å². The molecular weight excluding hydrogens is 633 g/mol. The fourth-order valence-corrected chi connectivity index (χ4v) is 4.37. The van der Waals surface area contributed by atoms with Crippen molar-refractivity contribution < 1.29 is 45.1 Å². The van der Waals surface area contributed by atoms with E-state index in [1.165, 1.54) is 13.0 Å². The molecule has 0 aromatic carbocycles. The molecule has 0 unspecified atom stereocenters. The van der Waals surface area contributed by atoms with E-state index in [4.69, 9.17) is 11.6 Å². The second-order valence-corrected chi connectivity index (χ2v) is 9.71. The number of anilines is 3. The minimum Gasteiger partial charge on any atom is -0.313 e. The Bertz CT molecular complexity index is 1720. The average molecular weight is 651 g/mol. The van der Waals surface area contributed by atoms with Crippen LogP contribution < -0.4 is 16.0 Å². The fraction of sp³-hybridized carbons (Fsp3) is 0.304. The van der Waals surface area contributed by atoms with E-state index in [2.05, 4.69) is 40.9 Å². The van der Waals surface area contributed by atoms with Gasteiger partial charge in [-0.15, -0.1) is 0 Å². The summed E-state index contributed by atoms with van der Waals surface area (Å²) in [6.45, 7) is -3.56. The molecule has 13 nitrogen and oxygen atoms in total. The Kier molecular flexibility index (Phi) is 7.97. The summed E-state index contributed by atoms with van der Waals surface area (Å²) in [7, 11) is 0. The highest BCUT2D eigenvalue weighted by molar-refractivity contribution is 6.29. The maximum Gasteiger partial charge on any atom is 0.420 e.